The number of ether oxygens (including phenoxy) is 3. The van der Waals surface area contributed by atoms with Gasteiger partial charge in [0.1, 0.15) is 34.9 Å². The molecule has 2 aliphatic rings. The lowest BCUT2D eigenvalue weighted by Gasteiger charge is -2.23. The average molecular weight is 338 g/mol. The number of rotatable bonds is 2. The first kappa shape index (κ1) is 15.0. The number of aryl methyl sites for hydroxylation is 1. The van der Waals surface area contributed by atoms with Crippen LogP contribution < -0.4 is 0 Å². The number of halogens is 1. The van der Waals surface area contributed by atoms with Gasteiger partial charge in [0.05, 0.1) is 5.39 Å². The molecule has 7 nitrogen and oxygen atoms in total. The van der Waals surface area contributed by atoms with Crippen LogP contribution in [0, 0.1) is 6.92 Å². The highest BCUT2D eigenvalue weighted by molar-refractivity contribution is 6.33. The Balaban J connectivity index is 1.80. The molecule has 2 saturated heterocycles. The van der Waals surface area contributed by atoms with Crippen molar-refractivity contribution < 1.29 is 19.0 Å². The van der Waals surface area contributed by atoms with Crippen LogP contribution in [0.4, 0.5) is 0 Å². The molecule has 0 bridgehead atoms. The predicted molar refractivity (Wildman–Crippen MR) is 81.1 cm³/mol. The van der Waals surface area contributed by atoms with Gasteiger partial charge in [0.2, 0.25) is 0 Å². The molecule has 4 atom stereocenters. The van der Waals surface area contributed by atoms with Crippen molar-refractivity contribution in [2.45, 2.75) is 51.1 Å². The summed E-state index contributed by atoms with van der Waals surface area (Å²) in [6.45, 7) is 5.41. The fraction of sp³-hybridized carbons (Fsp3) is 0.533. The normalized spacial score (nSPS) is 32.3. The highest BCUT2D eigenvalue weighted by Crippen LogP contribution is 2.43. The van der Waals surface area contributed by atoms with Crippen LogP contribution in [-0.4, -0.2) is 44.9 Å². The van der Waals surface area contributed by atoms with E-state index in [0.717, 1.165) is 11.7 Å². The summed E-state index contributed by atoms with van der Waals surface area (Å²) >= 11 is 6.18. The summed E-state index contributed by atoms with van der Waals surface area (Å²) < 4.78 is 19.4. The second kappa shape index (κ2) is 4.98. The highest BCUT2D eigenvalue weighted by Gasteiger charge is 2.56. The third-order valence-electron chi connectivity index (χ3n) is 4.11. The Kier molecular flexibility index (Phi) is 3.25. The second-order valence-electron chi connectivity index (χ2n) is 6.21. The first-order valence-corrected chi connectivity index (χ1v) is 7.74. The van der Waals surface area contributed by atoms with Crippen molar-refractivity contribution in [1.82, 2.24) is 14.5 Å². The van der Waals surface area contributed by atoms with Gasteiger partial charge >= 0.3 is 0 Å². The van der Waals surface area contributed by atoms with E-state index in [4.69, 9.17) is 25.8 Å². The minimum Gasteiger partial charge on any atom is -0.342 e. The van der Waals surface area contributed by atoms with E-state index in [-0.39, 0.29) is 0 Å². The van der Waals surface area contributed by atoms with Gasteiger partial charge in [-0.3, -0.25) is 0 Å². The summed E-state index contributed by atoms with van der Waals surface area (Å²) in [5.74, 6) is -0.197. The first-order chi connectivity index (χ1) is 10.9. The fourth-order valence-electron chi connectivity index (χ4n) is 3.24. The number of hydrogen-bond acceptors (Lipinski definition) is 6. The van der Waals surface area contributed by atoms with Crippen molar-refractivity contribution in [2.75, 3.05) is 0 Å². The maximum Gasteiger partial charge on any atom is 0.165 e. The molecule has 122 valence electrons. The summed E-state index contributed by atoms with van der Waals surface area (Å²) in [4.78, 5) is 19.9. The lowest BCUT2D eigenvalue weighted by molar-refractivity contribution is -0.194. The molecule has 2 aliphatic heterocycles. The van der Waals surface area contributed by atoms with Crippen molar-refractivity contribution in [2.24, 2.45) is 0 Å². The van der Waals surface area contributed by atoms with Crippen molar-refractivity contribution in [3.8, 4) is 0 Å². The number of carbonyl (C=O) groups is 1. The molecule has 4 heterocycles. The van der Waals surface area contributed by atoms with Crippen molar-refractivity contribution in [3.63, 3.8) is 0 Å². The van der Waals surface area contributed by atoms with Crippen LogP contribution in [0.15, 0.2) is 12.3 Å². The molecular formula is C15H16ClN3O4. The number of aromatic nitrogens is 3. The van der Waals surface area contributed by atoms with Gasteiger partial charge in [0.15, 0.2) is 18.3 Å². The van der Waals surface area contributed by atoms with Crippen LogP contribution in [-0.2, 0) is 19.0 Å². The zero-order valence-electron chi connectivity index (χ0n) is 12.9. The monoisotopic (exact) mass is 337 g/mol. The third kappa shape index (κ3) is 2.27. The van der Waals surface area contributed by atoms with Gasteiger partial charge in [0, 0.05) is 6.20 Å². The van der Waals surface area contributed by atoms with Crippen LogP contribution in [0.1, 0.15) is 25.9 Å². The van der Waals surface area contributed by atoms with E-state index in [2.05, 4.69) is 9.97 Å². The molecule has 4 rings (SSSR count). The van der Waals surface area contributed by atoms with Gasteiger partial charge in [-0.2, -0.15) is 0 Å². The number of carbonyl (C=O) groups excluding carboxylic acids is 1. The van der Waals surface area contributed by atoms with E-state index >= 15 is 0 Å². The fourth-order valence-corrected chi connectivity index (χ4v) is 3.51. The van der Waals surface area contributed by atoms with Gasteiger partial charge in [-0.25, -0.2) is 9.97 Å². The van der Waals surface area contributed by atoms with E-state index in [9.17, 15) is 4.79 Å². The zero-order chi connectivity index (χ0) is 16.4. The minimum atomic E-state index is -0.760. The molecule has 2 aromatic rings. The lowest BCUT2D eigenvalue weighted by atomic mass is 10.1. The predicted octanol–water partition coefficient (Wildman–Crippen LogP) is 2.01. The maximum absolute atomic E-state index is 11.3. The van der Waals surface area contributed by atoms with Gasteiger partial charge in [-0.15, -0.1) is 0 Å². The third-order valence-corrected chi connectivity index (χ3v) is 4.40. The van der Waals surface area contributed by atoms with Crippen molar-refractivity contribution in [1.29, 1.82) is 0 Å². The summed E-state index contributed by atoms with van der Waals surface area (Å²) in [7, 11) is 0. The summed E-state index contributed by atoms with van der Waals surface area (Å²) in [5.41, 5.74) is 0.645. The molecule has 0 amide bonds. The molecular weight excluding hydrogens is 322 g/mol. The van der Waals surface area contributed by atoms with E-state index in [1.165, 1.54) is 0 Å². The maximum atomic E-state index is 11.3. The average Bonchev–Trinajstić information content (AvgIpc) is 3.09. The van der Waals surface area contributed by atoms with Crippen LogP contribution in [0.3, 0.4) is 0 Å². The summed E-state index contributed by atoms with van der Waals surface area (Å²) in [5, 5.41) is 1.11. The summed E-state index contributed by atoms with van der Waals surface area (Å²) in [6.07, 6.45) is 0.533. The molecule has 0 aliphatic carbocycles. The molecule has 8 heteroatoms. The van der Waals surface area contributed by atoms with Gasteiger partial charge < -0.3 is 23.6 Å². The molecule has 2 aromatic heterocycles. The van der Waals surface area contributed by atoms with Crippen LogP contribution in [0.25, 0.3) is 11.0 Å². The highest BCUT2D eigenvalue weighted by atomic mass is 35.5. The largest absolute Gasteiger partial charge is 0.342 e. The van der Waals surface area contributed by atoms with E-state index < -0.39 is 30.3 Å². The second-order valence-corrected chi connectivity index (χ2v) is 6.57. The lowest BCUT2D eigenvalue weighted by Crippen LogP contribution is -2.30. The van der Waals surface area contributed by atoms with Gasteiger partial charge in [-0.1, -0.05) is 11.6 Å². The van der Waals surface area contributed by atoms with Gasteiger partial charge in [0.25, 0.3) is 0 Å². The molecule has 0 unspecified atom stereocenters. The minimum absolute atomic E-state index is 0.386. The smallest absolute Gasteiger partial charge is 0.165 e. The Morgan fingerprint density at radius 1 is 1.30 bits per heavy atom. The van der Waals surface area contributed by atoms with E-state index in [0.29, 0.717) is 16.6 Å². The standard InChI is InChI=1S/C15H16ClN3O4/c1-7-17-12(16)8-4-5-19(13(8)18-7)14-11-10(9(6-20)21-14)22-15(2,3)23-11/h4-6,9-11,14H,1-3H3/t9-,10-,11-,14-/m1/s1. The molecule has 0 spiro atoms. The van der Waals surface area contributed by atoms with Gasteiger partial charge in [-0.05, 0) is 26.8 Å². The number of hydrogen-bond donors (Lipinski definition) is 0. The molecule has 0 radical (unpaired) electrons. The zero-order valence-corrected chi connectivity index (χ0v) is 13.6. The number of aldehydes is 1. The molecule has 0 saturated carbocycles. The number of nitrogens with zero attached hydrogens (tertiary/aromatic N) is 3. The Bertz CT molecular complexity index is 790. The first-order valence-electron chi connectivity index (χ1n) is 7.37. The number of fused-ring (bicyclic) bond motifs is 2. The van der Waals surface area contributed by atoms with E-state index in [1.807, 2.05) is 30.7 Å². The Hall–Kier alpha value is -1.54. The van der Waals surface area contributed by atoms with Crippen LogP contribution in [0.2, 0.25) is 5.15 Å². The van der Waals surface area contributed by atoms with Crippen LogP contribution >= 0.6 is 11.6 Å². The molecule has 0 aromatic carbocycles. The SMILES string of the molecule is Cc1nc(Cl)c2ccn([C@@H]3O[C@H](C=O)[C@H]4OC(C)(C)O[C@H]43)c2n1. The van der Waals surface area contributed by atoms with Crippen LogP contribution in [0.5, 0.6) is 0 Å². The van der Waals surface area contributed by atoms with Crippen molar-refractivity contribution in [3.05, 3.63) is 23.2 Å². The topological polar surface area (TPSA) is 75.5 Å². The molecule has 0 N–H and O–H groups in total. The quantitative estimate of drug-likeness (QED) is 0.616. The van der Waals surface area contributed by atoms with Crippen molar-refractivity contribution >= 4 is 28.9 Å². The summed E-state index contributed by atoms with van der Waals surface area (Å²) in [6, 6.07) is 1.82. The Labute approximate surface area is 137 Å². The Morgan fingerprint density at radius 3 is 2.78 bits per heavy atom. The Morgan fingerprint density at radius 2 is 2.04 bits per heavy atom. The molecule has 23 heavy (non-hydrogen) atoms. The molecule has 2 fully saturated rings. The van der Waals surface area contributed by atoms with E-state index in [1.54, 1.807) is 6.92 Å².